The smallest absolute Gasteiger partial charge is 0.237 e. The van der Waals surface area contributed by atoms with Crippen molar-refractivity contribution in [3.05, 3.63) is 29.8 Å². The van der Waals surface area contributed by atoms with Crippen LogP contribution in [-0.4, -0.2) is 52.2 Å². The van der Waals surface area contributed by atoms with E-state index in [1.54, 1.807) is 12.0 Å². The van der Waals surface area contributed by atoms with E-state index in [-0.39, 0.29) is 12.5 Å². The van der Waals surface area contributed by atoms with Crippen molar-refractivity contribution in [1.29, 1.82) is 0 Å². The number of methoxy groups -OCH3 is 1. The quantitative estimate of drug-likeness (QED) is 0.803. The molecule has 0 aliphatic carbocycles. The molecule has 0 radical (unpaired) electrons. The Balaban J connectivity index is 1.83. The van der Waals surface area contributed by atoms with Gasteiger partial charge >= 0.3 is 0 Å². The molecule has 1 amide bonds. The first-order chi connectivity index (χ1) is 11.4. The molecule has 0 aromatic heterocycles. The number of hydrogen-bond acceptors (Lipinski definition) is 4. The second-order valence-electron chi connectivity index (χ2n) is 6.33. The van der Waals surface area contributed by atoms with Gasteiger partial charge in [0, 0.05) is 13.1 Å². The summed E-state index contributed by atoms with van der Waals surface area (Å²) in [5.41, 5.74) is 1.23. The normalized spacial score (nSPS) is 18.4. The van der Waals surface area contributed by atoms with Crippen LogP contribution < -0.4 is 9.46 Å². The number of piperidine rings is 1. The summed E-state index contributed by atoms with van der Waals surface area (Å²) in [4.78, 5) is 13.9. The van der Waals surface area contributed by atoms with Crippen LogP contribution in [0.25, 0.3) is 0 Å². The van der Waals surface area contributed by atoms with Gasteiger partial charge in [-0.05, 0) is 49.3 Å². The highest BCUT2D eigenvalue weighted by atomic mass is 32.2. The minimum absolute atomic E-state index is 0.147. The molecule has 2 rings (SSSR count). The third-order valence-corrected chi connectivity index (χ3v) is 5.00. The molecule has 1 heterocycles. The van der Waals surface area contributed by atoms with Crippen LogP contribution in [0.5, 0.6) is 5.75 Å². The summed E-state index contributed by atoms with van der Waals surface area (Å²) >= 11 is 0. The minimum atomic E-state index is -3.33. The van der Waals surface area contributed by atoms with Gasteiger partial charge in [-0.1, -0.05) is 12.1 Å². The Hall–Kier alpha value is -1.60. The van der Waals surface area contributed by atoms with E-state index in [1.165, 1.54) is 5.56 Å². The number of likely N-dealkylation sites (tertiary alicyclic amines) is 1. The van der Waals surface area contributed by atoms with Crippen molar-refractivity contribution in [2.45, 2.75) is 25.7 Å². The number of carbonyl (C=O) groups excluding carboxylic acids is 1. The van der Waals surface area contributed by atoms with Gasteiger partial charge in [-0.2, -0.15) is 0 Å². The van der Waals surface area contributed by atoms with Gasteiger partial charge < -0.3 is 9.64 Å². The van der Waals surface area contributed by atoms with Crippen LogP contribution in [-0.2, 0) is 21.2 Å². The zero-order valence-corrected chi connectivity index (χ0v) is 15.1. The molecule has 1 fully saturated rings. The molecular weight excluding hydrogens is 328 g/mol. The first-order valence-corrected chi connectivity index (χ1v) is 10.1. The Bertz CT molecular complexity index is 660. The lowest BCUT2D eigenvalue weighted by molar-refractivity contribution is -0.131. The molecule has 0 bridgehead atoms. The summed E-state index contributed by atoms with van der Waals surface area (Å²) in [7, 11) is -1.67. The molecule has 1 unspecified atom stereocenters. The van der Waals surface area contributed by atoms with Crippen molar-refractivity contribution in [3.63, 3.8) is 0 Å². The molecule has 1 aliphatic heterocycles. The lowest BCUT2D eigenvalue weighted by atomic mass is 9.91. The highest BCUT2D eigenvalue weighted by Gasteiger charge is 2.23. The molecule has 1 aliphatic rings. The van der Waals surface area contributed by atoms with Crippen LogP contribution in [0.15, 0.2) is 24.3 Å². The van der Waals surface area contributed by atoms with Gasteiger partial charge in [0.25, 0.3) is 0 Å². The number of ether oxygens (including phenoxy) is 1. The molecule has 134 valence electrons. The lowest BCUT2D eigenvalue weighted by Crippen LogP contribution is -2.44. The largest absolute Gasteiger partial charge is 0.497 e. The molecule has 24 heavy (non-hydrogen) atoms. The zero-order valence-electron chi connectivity index (χ0n) is 14.3. The fourth-order valence-corrected chi connectivity index (χ4v) is 3.42. The Morgan fingerprint density at radius 3 is 2.92 bits per heavy atom. The third-order valence-electron chi connectivity index (χ3n) is 4.33. The predicted octanol–water partition coefficient (Wildman–Crippen LogP) is 1.42. The second-order valence-corrected chi connectivity index (χ2v) is 8.16. The van der Waals surface area contributed by atoms with E-state index in [0.29, 0.717) is 19.0 Å². The van der Waals surface area contributed by atoms with E-state index in [0.717, 1.165) is 37.7 Å². The third kappa shape index (κ3) is 6.13. The topological polar surface area (TPSA) is 75.7 Å². The fraction of sp³-hybridized carbons (Fsp3) is 0.588. The number of aryl methyl sites for hydroxylation is 1. The van der Waals surface area contributed by atoms with Crippen molar-refractivity contribution < 1.29 is 17.9 Å². The molecule has 7 heteroatoms. The van der Waals surface area contributed by atoms with Crippen LogP contribution in [0, 0.1) is 5.92 Å². The number of hydrogen-bond donors (Lipinski definition) is 1. The maximum Gasteiger partial charge on any atom is 0.237 e. The van der Waals surface area contributed by atoms with Gasteiger partial charge in [0.15, 0.2) is 0 Å². The van der Waals surface area contributed by atoms with E-state index in [1.807, 2.05) is 18.2 Å². The molecular formula is C17H26N2O4S. The highest BCUT2D eigenvalue weighted by molar-refractivity contribution is 7.88. The van der Waals surface area contributed by atoms with Gasteiger partial charge in [-0.15, -0.1) is 0 Å². The summed E-state index contributed by atoms with van der Waals surface area (Å²) in [6.07, 6.45) is 5.09. The lowest BCUT2D eigenvalue weighted by Gasteiger charge is -2.33. The number of carbonyl (C=O) groups is 1. The van der Waals surface area contributed by atoms with E-state index in [2.05, 4.69) is 10.8 Å². The van der Waals surface area contributed by atoms with Crippen LogP contribution in [0.1, 0.15) is 24.8 Å². The molecule has 6 nitrogen and oxygen atoms in total. The highest BCUT2D eigenvalue weighted by Crippen LogP contribution is 2.23. The molecule has 0 saturated carbocycles. The zero-order chi connectivity index (χ0) is 17.6. The van der Waals surface area contributed by atoms with Crippen molar-refractivity contribution in [3.8, 4) is 5.75 Å². The van der Waals surface area contributed by atoms with E-state index in [4.69, 9.17) is 4.74 Å². The first-order valence-electron chi connectivity index (χ1n) is 8.23. The summed E-state index contributed by atoms with van der Waals surface area (Å²) < 4.78 is 29.7. The average molecular weight is 354 g/mol. The minimum Gasteiger partial charge on any atom is -0.497 e. The van der Waals surface area contributed by atoms with Crippen molar-refractivity contribution in [2.75, 3.05) is 33.0 Å². The number of nitrogens with one attached hydrogen (secondary N) is 1. The van der Waals surface area contributed by atoms with Crippen LogP contribution in [0.3, 0.4) is 0 Å². The van der Waals surface area contributed by atoms with Gasteiger partial charge in [-0.25, -0.2) is 13.1 Å². The SMILES string of the molecule is COc1cccc(CCC2CCCN(C(=O)CNS(C)(=O)=O)C2)c1. The molecule has 1 saturated heterocycles. The number of sulfonamides is 1. The molecule has 1 aromatic carbocycles. The van der Waals surface area contributed by atoms with Crippen LogP contribution in [0.4, 0.5) is 0 Å². The maximum absolute atomic E-state index is 12.1. The number of benzene rings is 1. The van der Waals surface area contributed by atoms with Crippen LogP contribution in [0.2, 0.25) is 0 Å². The standard InChI is InChI=1S/C17H26N2O4S/c1-23-16-7-3-5-14(11-16)8-9-15-6-4-10-19(13-15)17(20)12-18-24(2,21)22/h3,5,7,11,15,18H,4,6,8-10,12-13H2,1-2H3. The predicted molar refractivity (Wildman–Crippen MR) is 93.5 cm³/mol. The Morgan fingerprint density at radius 1 is 1.42 bits per heavy atom. The first kappa shape index (κ1) is 18.7. The summed E-state index contributed by atoms with van der Waals surface area (Å²) in [6.45, 7) is 1.26. The van der Waals surface area contributed by atoms with Crippen molar-refractivity contribution in [1.82, 2.24) is 9.62 Å². The maximum atomic E-state index is 12.1. The van der Waals surface area contributed by atoms with Crippen molar-refractivity contribution >= 4 is 15.9 Å². The average Bonchev–Trinajstić information content (AvgIpc) is 2.57. The van der Waals surface area contributed by atoms with E-state index in [9.17, 15) is 13.2 Å². The van der Waals surface area contributed by atoms with E-state index < -0.39 is 10.0 Å². The number of amides is 1. The molecule has 1 N–H and O–H groups in total. The second kappa shape index (κ2) is 8.48. The molecule has 0 spiro atoms. The molecule has 1 atom stereocenters. The summed E-state index contributed by atoms with van der Waals surface area (Å²) in [5, 5.41) is 0. The Morgan fingerprint density at radius 2 is 2.21 bits per heavy atom. The Kier molecular flexibility index (Phi) is 6.62. The van der Waals surface area contributed by atoms with Crippen molar-refractivity contribution in [2.24, 2.45) is 5.92 Å². The van der Waals surface area contributed by atoms with Gasteiger partial charge in [0.1, 0.15) is 5.75 Å². The number of nitrogens with zero attached hydrogens (tertiary/aromatic N) is 1. The van der Waals surface area contributed by atoms with Gasteiger partial charge in [0.2, 0.25) is 15.9 Å². The summed E-state index contributed by atoms with van der Waals surface area (Å²) in [5.74, 6) is 1.17. The number of rotatable bonds is 7. The molecule has 1 aromatic rings. The van der Waals surface area contributed by atoms with Gasteiger partial charge in [-0.3, -0.25) is 4.79 Å². The Labute approximate surface area is 144 Å². The van der Waals surface area contributed by atoms with Gasteiger partial charge in [0.05, 0.1) is 19.9 Å². The summed E-state index contributed by atoms with van der Waals surface area (Å²) in [6, 6.07) is 8.05. The fourth-order valence-electron chi connectivity index (χ4n) is 3.03. The van der Waals surface area contributed by atoms with Crippen LogP contribution >= 0.6 is 0 Å². The monoisotopic (exact) mass is 354 g/mol. The van der Waals surface area contributed by atoms with E-state index >= 15 is 0 Å².